The van der Waals surface area contributed by atoms with Crippen LogP contribution in [-0.4, -0.2) is 18.0 Å². The molecule has 22 heavy (non-hydrogen) atoms. The lowest BCUT2D eigenvalue weighted by molar-refractivity contribution is -0.118. The van der Waals surface area contributed by atoms with Gasteiger partial charge in [0.05, 0.1) is 6.21 Å². The van der Waals surface area contributed by atoms with Gasteiger partial charge in [-0.25, -0.2) is 5.43 Å². The number of benzene rings is 1. The van der Waals surface area contributed by atoms with Crippen molar-refractivity contribution < 1.29 is 9.59 Å². The normalized spacial score (nSPS) is 10.9. The van der Waals surface area contributed by atoms with Gasteiger partial charge in [0, 0.05) is 22.0 Å². The van der Waals surface area contributed by atoms with E-state index in [2.05, 4.69) is 15.8 Å². The highest BCUT2D eigenvalue weighted by Crippen LogP contribution is 2.11. The highest BCUT2D eigenvalue weighted by molar-refractivity contribution is 7.11. The van der Waals surface area contributed by atoms with Crippen molar-refractivity contribution in [3.8, 4) is 0 Å². The summed E-state index contributed by atoms with van der Waals surface area (Å²) in [6, 6.07) is 10.5. The molecule has 0 saturated heterocycles. The van der Waals surface area contributed by atoms with E-state index >= 15 is 0 Å². The number of anilines is 1. The van der Waals surface area contributed by atoms with Crippen LogP contribution in [0.3, 0.4) is 0 Å². The van der Waals surface area contributed by atoms with Gasteiger partial charge >= 0.3 is 0 Å². The molecule has 1 aromatic carbocycles. The molecule has 0 radical (unpaired) electrons. The standard InChI is InChI=1S/C16H17N3O2S/c1-11(2)15(20)18-13-7-5-12(6-8-13)16(21)19-17-10-14-4-3-9-22-14/h3-11H,1-2H3,(H,18,20)(H,19,21)/b17-10-. The molecule has 0 aliphatic heterocycles. The molecule has 2 N–H and O–H groups in total. The first kappa shape index (κ1) is 15.9. The van der Waals surface area contributed by atoms with Crippen molar-refractivity contribution in [2.45, 2.75) is 13.8 Å². The van der Waals surface area contributed by atoms with Crippen LogP contribution in [0.25, 0.3) is 0 Å². The first-order valence-corrected chi connectivity index (χ1v) is 7.72. The number of hydrogen-bond donors (Lipinski definition) is 2. The molecule has 0 aliphatic rings. The summed E-state index contributed by atoms with van der Waals surface area (Å²) in [5, 5.41) is 8.61. The number of thiophene rings is 1. The molecule has 2 amide bonds. The zero-order chi connectivity index (χ0) is 15.9. The molecular formula is C16H17N3O2S. The van der Waals surface area contributed by atoms with E-state index in [1.807, 2.05) is 31.4 Å². The first-order valence-electron chi connectivity index (χ1n) is 6.84. The summed E-state index contributed by atoms with van der Waals surface area (Å²) in [6.45, 7) is 3.64. The Morgan fingerprint density at radius 2 is 1.91 bits per heavy atom. The topological polar surface area (TPSA) is 70.6 Å². The molecule has 1 aromatic heterocycles. The minimum absolute atomic E-state index is 0.0576. The van der Waals surface area contributed by atoms with Crippen molar-refractivity contribution in [2.75, 3.05) is 5.32 Å². The van der Waals surface area contributed by atoms with Crippen molar-refractivity contribution >= 4 is 35.1 Å². The van der Waals surface area contributed by atoms with Gasteiger partial charge in [-0.15, -0.1) is 11.3 Å². The van der Waals surface area contributed by atoms with E-state index in [1.165, 1.54) is 11.3 Å². The molecule has 114 valence electrons. The lowest BCUT2D eigenvalue weighted by Gasteiger charge is -2.08. The molecular weight excluding hydrogens is 298 g/mol. The summed E-state index contributed by atoms with van der Waals surface area (Å²) in [5.41, 5.74) is 3.61. The summed E-state index contributed by atoms with van der Waals surface area (Å²) < 4.78 is 0. The number of carbonyl (C=O) groups is 2. The number of nitrogens with one attached hydrogen (secondary N) is 2. The highest BCUT2D eigenvalue weighted by atomic mass is 32.1. The lowest BCUT2D eigenvalue weighted by atomic mass is 10.1. The second-order valence-electron chi connectivity index (χ2n) is 4.94. The fraction of sp³-hybridized carbons (Fsp3) is 0.188. The molecule has 0 aliphatic carbocycles. The zero-order valence-corrected chi connectivity index (χ0v) is 13.2. The van der Waals surface area contributed by atoms with Gasteiger partial charge in [-0.05, 0) is 35.7 Å². The maximum absolute atomic E-state index is 11.9. The average Bonchev–Trinajstić information content (AvgIpc) is 3.01. The molecule has 0 fully saturated rings. The number of hydrazone groups is 1. The molecule has 1 heterocycles. The molecule has 0 saturated carbocycles. The first-order chi connectivity index (χ1) is 10.6. The van der Waals surface area contributed by atoms with Gasteiger partial charge in [0.25, 0.3) is 5.91 Å². The fourth-order valence-corrected chi connectivity index (χ4v) is 2.16. The van der Waals surface area contributed by atoms with Crippen molar-refractivity contribution in [3.05, 3.63) is 52.2 Å². The Bertz CT molecular complexity index is 661. The van der Waals surface area contributed by atoms with E-state index in [0.717, 1.165) is 4.88 Å². The molecule has 0 unspecified atom stereocenters. The van der Waals surface area contributed by atoms with Crippen LogP contribution in [0.4, 0.5) is 5.69 Å². The van der Waals surface area contributed by atoms with Crippen LogP contribution in [-0.2, 0) is 4.79 Å². The minimum atomic E-state index is -0.297. The SMILES string of the molecule is CC(C)C(=O)Nc1ccc(C(=O)N/N=C\c2cccs2)cc1. The molecule has 6 heteroatoms. The molecule has 2 rings (SSSR count). The van der Waals surface area contributed by atoms with Gasteiger partial charge in [0.2, 0.25) is 5.91 Å². The zero-order valence-electron chi connectivity index (χ0n) is 12.4. The molecule has 0 atom stereocenters. The van der Waals surface area contributed by atoms with Crippen LogP contribution in [0.5, 0.6) is 0 Å². The maximum Gasteiger partial charge on any atom is 0.271 e. The summed E-state index contributed by atoms with van der Waals surface area (Å²) in [7, 11) is 0. The Labute approximate surface area is 133 Å². The molecule has 5 nitrogen and oxygen atoms in total. The third-order valence-corrected chi connectivity index (χ3v) is 3.65. The van der Waals surface area contributed by atoms with Crippen LogP contribution in [0.15, 0.2) is 46.9 Å². The lowest BCUT2D eigenvalue weighted by Crippen LogP contribution is -2.19. The maximum atomic E-state index is 11.9. The van der Waals surface area contributed by atoms with Crippen molar-refractivity contribution in [1.82, 2.24) is 5.43 Å². The second kappa shape index (κ2) is 7.51. The predicted molar refractivity (Wildman–Crippen MR) is 89.3 cm³/mol. The van der Waals surface area contributed by atoms with E-state index in [1.54, 1.807) is 30.5 Å². The number of nitrogens with zero attached hydrogens (tertiary/aromatic N) is 1. The van der Waals surface area contributed by atoms with Gasteiger partial charge < -0.3 is 5.32 Å². The van der Waals surface area contributed by atoms with E-state index in [0.29, 0.717) is 11.3 Å². The third-order valence-electron chi connectivity index (χ3n) is 2.84. The largest absolute Gasteiger partial charge is 0.326 e. The quantitative estimate of drug-likeness (QED) is 0.657. The average molecular weight is 315 g/mol. The summed E-state index contributed by atoms with van der Waals surface area (Å²) in [6.07, 6.45) is 1.60. The van der Waals surface area contributed by atoms with Crippen molar-refractivity contribution in [2.24, 2.45) is 11.0 Å². The Morgan fingerprint density at radius 1 is 1.18 bits per heavy atom. The Hall–Kier alpha value is -2.47. The van der Waals surface area contributed by atoms with Crippen LogP contribution < -0.4 is 10.7 Å². The number of amides is 2. The van der Waals surface area contributed by atoms with E-state index < -0.39 is 0 Å². The van der Waals surface area contributed by atoms with Gasteiger partial charge in [0.1, 0.15) is 0 Å². The molecule has 0 spiro atoms. The van der Waals surface area contributed by atoms with E-state index in [9.17, 15) is 9.59 Å². The van der Waals surface area contributed by atoms with Gasteiger partial charge in [-0.3, -0.25) is 9.59 Å². The number of carbonyl (C=O) groups excluding carboxylic acids is 2. The fourth-order valence-electron chi connectivity index (χ4n) is 1.58. The van der Waals surface area contributed by atoms with E-state index in [4.69, 9.17) is 0 Å². The van der Waals surface area contributed by atoms with Crippen LogP contribution in [0.1, 0.15) is 29.1 Å². The minimum Gasteiger partial charge on any atom is -0.326 e. The molecule has 2 aromatic rings. The number of rotatable bonds is 5. The predicted octanol–water partition coefficient (Wildman–Crippen LogP) is 3.11. The Balaban J connectivity index is 1.92. The van der Waals surface area contributed by atoms with E-state index in [-0.39, 0.29) is 17.7 Å². The van der Waals surface area contributed by atoms with Crippen LogP contribution in [0.2, 0.25) is 0 Å². The van der Waals surface area contributed by atoms with Gasteiger partial charge in [-0.1, -0.05) is 19.9 Å². The number of hydrogen-bond acceptors (Lipinski definition) is 4. The summed E-state index contributed by atoms with van der Waals surface area (Å²) >= 11 is 1.54. The molecule has 0 bridgehead atoms. The Kier molecular flexibility index (Phi) is 5.43. The van der Waals surface area contributed by atoms with Gasteiger partial charge in [0.15, 0.2) is 0 Å². The van der Waals surface area contributed by atoms with Crippen LogP contribution >= 0.6 is 11.3 Å². The monoisotopic (exact) mass is 315 g/mol. The Morgan fingerprint density at radius 3 is 2.50 bits per heavy atom. The smallest absolute Gasteiger partial charge is 0.271 e. The van der Waals surface area contributed by atoms with Gasteiger partial charge in [-0.2, -0.15) is 5.10 Å². The summed E-state index contributed by atoms with van der Waals surface area (Å²) in [5.74, 6) is -0.443. The third kappa shape index (κ3) is 4.53. The van der Waals surface area contributed by atoms with Crippen molar-refractivity contribution in [3.63, 3.8) is 0 Å². The second-order valence-corrected chi connectivity index (χ2v) is 5.92. The van der Waals surface area contributed by atoms with Crippen molar-refractivity contribution in [1.29, 1.82) is 0 Å². The highest BCUT2D eigenvalue weighted by Gasteiger charge is 2.08. The van der Waals surface area contributed by atoms with Crippen LogP contribution in [0, 0.1) is 5.92 Å². The summed E-state index contributed by atoms with van der Waals surface area (Å²) in [4.78, 5) is 24.4.